The van der Waals surface area contributed by atoms with E-state index in [0.717, 1.165) is 17.5 Å². The molecule has 0 aliphatic rings. The van der Waals surface area contributed by atoms with E-state index in [1.807, 2.05) is 19.1 Å². The van der Waals surface area contributed by atoms with E-state index in [-0.39, 0.29) is 17.9 Å². The molecule has 1 atom stereocenters. The van der Waals surface area contributed by atoms with E-state index in [4.69, 9.17) is 0 Å². The van der Waals surface area contributed by atoms with Gasteiger partial charge in [-0.15, -0.1) is 0 Å². The Labute approximate surface area is 143 Å². The van der Waals surface area contributed by atoms with Crippen LogP contribution in [0.2, 0.25) is 0 Å². The van der Waals surface area contributed by atoms with E-state index in [2.05, 4.69) is 41.8 Å². The van der Waals surface area contributed by atoms with Gasteiger partial charge in [0.15, 0.2) is 0 Å². The third kappa shape index (κ3) is 4.95. The van der Waals surface area contributed by atoms with Crippen molar-refractivity contribution in [3.63, 3.8) is 0 Å². The lowest BCUT2D eigenvalue weighted by atomic mass is 10.0. The first-order chi connectivity index (χ1) is 11.5. The number of amides is 2. The van der Waals surface area contributed by atoms with Crippen molar-refractivity contribution in [2.45, 2.75) is 39.8 Å². The van der Waals surface area contributed by atoms with Gasteiger partial charge < -0.3 is 10.6 Å². The second kappa shape index (κ2) is 8.29. The molecule has 0 fully saturated rings. The van der Waals surface area contributed by atoms with E-state index in [1.54, 1.807) is 12.1 Å². The standard InChI is InChI=1S/C20H24N2O2/c1-4-16-5-9-18(10-6-16)14(2)22-20(24)19-11-7-17(8-12-19)13-21-15(3)23/h5-12,14H,4,13H2,1-3H3,(H,21,23)(H,22,24)/t14-/m0/s1. The van der Waals surface area contributed by atoms with Crippen LogP contribution in [0, 0.1) is 0 Å². The average Bonchev–Trinajstić information content (AvgIpc) is 2.60. The van der Waals surface area contributed by atoms with Crippen LogP contribution in [0.3, 0.4) is 0 Å². The summed E-state index contributed by atoms with van der Waals surface area (Å²) in [6, 6.07) is 15.5. The molecule has 0 heterocycles. The first-order valence-corrected chi connectivity index (χ1v) is 8.22. The zero-order valence-corrected chi connectivity index (χ0v) is 14.4. The van der Waals surface area contributed by atoms with Gasteiger partial charge in [0.05, 0.1) is 6.04 Å². The Bertz CT molecular complexity index is 691. The maximum atomic E-state index is 12.3. The molecule has 2 amide bonds. The summed E-state index contributed by atoms with van der Waals surface area (Å²) in [5, 5.41) is 5.74. The highest BCUT2D eigenvalue weighted by molar-refractivity contribution is 5.94. The summed E-state index contributed by atoms with van der Waals surface area (Å²) in [5.74, 6) is -0.173. The summed E-state index contributed by atoms with van der Waals surface area (Å²) in [6.07, 6.45) is 1.01. The molecule has 4 nitrogen and oxygen atoms in total. The van der Waals surface area contributed by atoms with Gasteiger partial charge in [-0.3, -0.25) is 9.59 Å². The number of rotatable bonds is 6. The van der Waals surface area contributed by atoms with Crippen LogP contribution in [0.1, 0.15) is 53.9 Å². The van der Waals surface area contributed by atoms with Crippen LogP contribution >= 0.6 is 0 Å². The molecule has 126 valence electrons. The van der Waals surface area contributed by atoms with E-state index < -0.39 is 0 Å². The molecule has 0 spiro atoms. The first-order valence-electron chi connectivity index (χ1n) is 8.22. The minimum absolute atomic E-state index is 0.0533. The van der Waals surface area contributed by atoms with Gasteiger partial charge in [-0.2, -0.15) is 0 Å². The SMILES string of the molecule is CCc1ccc([C@H](C)NC(=O)c2ccc(CNC(C)=O)cc2)cc1. The fourth-order valence-electron chi connectivity index (χ4n) is 2.41. The largest absolute Gasteiger partial charge is 0.352 e. The molecule has 0 saturated heterocycles. The number of hydrogen-bond acceptors (Lipinski definition) is 2. The topological polar surface area (TPSA) is 58.2 Å². The van der Waals surface area contributed by atoms with Crippen molar-refractivity contribution in [3.05, 3.63) is 70.8 Å². The zero-order chi connectivity index (χ0) is 17.5. The number of nitrogens with one attached hydrogen (secondary N) is 2. The quantitative estimate of drug-likeness (QED) is 0.856. The van der Waals surface area contributed by atoms with Gasteiger partial charge in [-0.05, 0) is 42.2 Å². The second-order valence-electron chi connectivity index (χ2n) is 5.90. The third-order valence-electron chi connectivity index (χ3n) is 3.99. The average molecular weight is 324 g/mol. The van der Waals surface area contributed by atoms with Crippen molar-refractivity contribution in [2.24, 2.45) is 0 Å². The lowest BCUT2D eigenvalue weighted by Crippen LogP contribution is -2.26. The zero-order valence-electron chi connectivity index (χ0n) is 14.4. The van der Waals surface area contributed by atoms with E-state index in [1.165, 1.54) is 12.5 Å². The van der Waals surface area contributed by atoms with Crippen LogP contribution in [0.25, 0.3) is 0 Å². The lowest BCUT2D eigenvalue weighted by Gasteiger charge is -2.15. The lowest BCUT2D eigenvalue weighted by molar-refractivity contribution is -0.119. The Balaban J connectivity index is 1.96. The molecule has 2 aromatic carbocycles. The van der Waals surface area contributed by atoms with E-state index in [9.17, 15) is 9.59 Å². The molecule has 2 aromatic rings. The van der Waals surface area contributed by atoms with Gasteiger partial charge in [0.25, 0.3) is 5.91 Å². The van der Waals surface area contributed by atoms with Gasteiger partial charge in [0.2, 0.25) is 5.91 Å². The molecule has 0 unspecified atom stereocenters. The van der Waals surface area contributed by atoms with E-state index >= 15 is 0 Å². The summed E-state index contributed by atoms with van der Waals surface area (Å²) >= 11 is 0. The highest BCUT2D eigenvalue weighted by Crippen LogP contribution is 2.15. The molecule has 0 aliphatic carbocycles. The molecular formula is C20H24N2O2. The van der Waals surface area contributed by atoms with Crippen LogP contribution in [-0.4, -0.2) is 11.8 Å². The molecule has 4 heteroatoms. The number of carbonyl (C=O) groups excluding carboxylic acids is 2. The monoisotopic (exact) mass is 324 g/mol. The Kier molecular flexibility index (Phi) is 6.13. The minimum atomic E-state index is -0.104. The summed E-state index contributed by atoms with van der Waals surface area (Å²) in [4.78, 5) is 23.3. The van der Waals surface area contributed by atoms with Gasteiger partial charge in [-0.25, -0.2) is 0 Å². The van der Waals surface area contributed by atoms with Crippen LogP contribution in [0.15, 0.2) is 48.5 Å². The third-order valence-corrected chi connectivity index (χ3v) is 3.99. The second-order valence-corrected chi connectivity index (χ2v) is 5.90. The van der Waals surface area contributed by atoms with Gasteiger partial charge in [-0.1, -0.05) is 43.3 Å². The molecule has 24 heavy (non-hydrogen) atoms. The Morgan fingerprint density at radius 3 is 2.08 bits per heavy atom. The van der Waals surface area contributed by atoms with Crippen molar-refractivity contribution < 1.29 is 9.59 Å². The van der Waals surface area contributed by atoms with Crippen molar-refractivity contribution in [2.75, 3.05) is 0 Å². The van der Waals surface area contributed by atoms with Gasteiger partial charge in [0, 0.05) is 19.0 Å². The molecular weight excluding hydrogens is 300 g/mol. The Hall–Kier alpha value is -2.62. The van der Waals surface area contributed by atoms with Crippen LogP contribution in [0.5, 0.6) is 0 Å². The summed E-state index contributed by atoms with van der Waals surface area (Å²) < 4.78 is 0. The summed E-state index contributed by atoms with van der Waals surface area (Å²) in [7, 11) is 0. The highest BCUT2D eigenvalue weighted by atomic mass is 16.2. The number of benzene rings is 2. The van der Waals surface area contributed by atoms with Gasteiger partial charge >= 0.3 is 0 Å². The summed E-state index contributed by atoms with van der Waals surface area (Å²) in [6.45, 7) is 6.05. The minimum Gasteiger partial charge on any atom is -0.352 e. The number of hydrogen-bond donors (Lipinski definition) is 2. The summed E-state index contributed by atoms with van der Waals surface area (Å²) in [5.41, 5.74) is 3.94. The fourth-order valence-corrected chi connectivity index (χ4v) is 2.41. The molecule has 0 aliphatic heterocycles. The normalized spacial score (nSPS) is 11.6. The van der Waals surface area contributed by atoms with Crippen LogP contribution in [0.4, 0.5) is 0 Å². The smallest absolute Gasteiger partial charge is 0.251 e. The predicted molar refractivity (Wildman–Crippen MR) is 95.7 cm³/mol. The molecule has 0 bridgehead atoms. The molecule has 2 N–H and O–H groups in total. The van der Waals surface area contributed by atoms with Crippen LogP contribution < -0.4 is 10.6 Å². The van der Waals surface area contributed by atoms with E-state index in [0.29, 0.717) is 12.1 Å². The molecule has 0 aromatic heterocycles. The number of aryl methyl sites for hydroxylation is 1. The predicted octanol–water partition coefficient (Wildman–Crippen LogP) is 3.38. The fraction of sp³-hybridized carbons (Fsp3) is 0.300. The Morgan fingerprint density at radius 1 is 0.958 bits per heavy atom. The van der Waals surface area contributed by atoms with Crippen LogP contribution in [-0.2, 0) is 17.8 Å². The Morgan fingerprint density at radius 2 is 1.54 bits per heavy atom. The van der Waals surface area contributed by atoms with Crippen molar-refractivity contribution in [1.82, 2.24) is 10.6 Å². The maximum Gasteiger partial charge on any atom is 0.251 e. The molecule has 0 saturated carbocycles. The highest BCUT2D eigenvalue weighted by Gasteiger charge is 2.11. The van der Waals surface area contributed by atoms with Gasteiger partial charge in [0.1, 0.15) is 0 Å². The maximum absolute atomic E-state index is 12.3. The van der Waals surface area contributed by atoms with Crippen molar-refractivity contribution in [3.8, 4) is 0 Å². The first kappa shape index (κ1) is 17.7. The molecule has 0 radical (unpaired) electrons. The van der Waals surface area contributed by atoms with Crippen molar-refractivity contribution in [1.29, 1.82) is 0 Å². The van der Waals surface area contributed by atoms with Crippen molar-refractivity contribution >= 4 is 11.8 Å². The number of carbonyl (C=O) groups is 2. The molecule has 2 rings (SSSR count).